The Bertz CT molecular complexity index is 353. The maximum Gasteiger partial charge on any atom is 0.406 e. The van der Waals surface area contributed by atoms with Crippen molar-refractivity contribution < 1.29 is 18.0 Å². The zero-order valence-electron chi connectivity index (χ0n) is 8.53. The number of nitrogens with zero attached hydrogens (tertiary/aromatic N) is 3. The van der Waals surface area contributed by atoms with Crippen molar-refractivity contribution in [1.29, 1.82) is 0 Å². The first-order chi connectivity index (χ1) is 7.44. The molecule has 1 aromatic rings. The molecule has 0 fully saturated rings. The molecule has 88 valence electrons. The van der Waals surface area contributed by atoms with Crippen molar-refractivity contribution in [3.8, 4) is 0 Å². The molecule has 0 saturated heterocycles. The van der Waals surface area contributed by atoms with Crippen LogP contribution in [-0.4, -0.2) is 40.0 Å². The van der Waals surface area contributed by atoms with Gasteiger partial charge in [-0.2, -0.15) is 13.2 Å². The van der Waals surface area contributed by atoms with Crippen LogP contribution in [0.2, 0.25) is 0 Å². The maximum atomic E-state index is 12.1. The highest BCUT2D eigenvalue weighted by molar-refractivity contribution is 5.91. The molecule has 16 heavy (non-hydrogen) atoms. The average molecular weight is 233 g/mol. The van der Waals surface area contributed by atoms with Gasteiger partial charge in [-0.3, -0.25) is 9.78 Å². The molecule has 0 radical (unpaired) electrons. The van der Waals surface area contributed by atoms with Crippen molar-refractivity contribution in [2.24, 2.45) is 0 Å². The summed E-state index contributed by atoms with van der Waals surface area (Å²) >= 11 is 0. The summed E-state index contributed by atoms with van der Waals surface area (Å²) < 4.78 is 36.4. The first-order valence-corrected chi connectivity index (χ1v) is 4.56. The molecular formula is C9H10F3N3O. The molecule has 0 N–H and O–H groups in total. The summed E-state index contributed by atoms with van der Waals surface area (Å²) in [5.74, 6) is -0.770. The highest BCUT2D eigenvalue weighted by Gasteiger charge is 2.32. The smallest absolute Gasteiger partial charge is 0.328 e. The van der Waals surface area contributed by atoms with Gasteiger partial charge in [0.1, 0.15) is 12.2 Å². The second-order valence-corrected chi connectivity index (χ2v) is 3.03. The summed E-state index contributed by atoms with van der Waals surface area (Å²) in [5.41, 5.74) is -0.0893. The van der Waals surface area contributed by atoms with Crippen LogP contribution < -0.4 is 0 Å². The molecule has 1 amide bonds. The Hall–Kier alpha value is -1.66. The van der Waals surface area contributed by atoms with Crippen molar-refractivity contribution in [2.45, 2.75) is 13.1 Å². The van der Waals surface area contributed by atoms with Crippen molar-refractivity contribution in [1.82, 2.24) is 14.9 Å². The molecule has 0 atom stereocenters. The second-order valence-electron chi connectivity index (χ2n) is 3.03. The van der Waals surface area contributed by atoms with E-state index in [2.05, 4.69) is 9.97 Å². The van der Waals surface area contributed by atoms with E-state index in [0.717, 1.165) is 6.20 Å². The van der Waals surface area contributed by atoms with Crippen LogP contribution in [0.4, 0.5) is 13.2 Å². The van der Waals surface area contributed by atoms with Gasteiger partial charge in [0.15, 0.2) is 0 Å². The molecule has 0 aliphatic rings. The lowest BCUT2D eigenvalue weighted by Crippen LogP contribution is -2.39. The molecule has 0 bridgehead atoms. The Morgan fingerprint density at radius 3 is 2.56 bits per heavy atom. The SMILES string of the molecule is CCN(CC(F)(F)F)C(=O)c1cnccn1. The van der Waals surface area contributed by atoms with Gasteiger partial charge in [-0.25, -0.2) is 4.98 Å². The highest BCUT2D eigenvalue weighted by Crippen LogP contribution is 2.17. The Morgan fingerprint density at radius 2 is 2.12 bits per heavy atom. The molecule has 0 aliphatic heterocycles. The summed E-state index contributed by atoms with van der Waals surface area (Å²) in [6, 6.07) is 0. The lowest BCUT2D eigenvalue weighted by atomic mass is 10.3. The van der Waals surface area contributed by atoms with Crippen LogP contribution in [0, 0.1) is 0 Å². The summed E-state index contributed by atoms with van der Waals surface area (Å²) in [6.07, 6.45) is -0.666. The third-order valence-corrected chi connectivity index (χ3v) is 1.82. The van der Waals surface area contributed by atoms with Crippen molar-refractivity contribution in [3.05, 3.63) is 24.3 Å². The Balaban J connectivity index is 2.78. The van der Waals surface area contributed by atoms with Gasteiger partial charge in [0.2, 0.25) is 0 Å². The standard InChI is InChI=1S/C9H10F3N3O/c1-2-15(6-9(10,11)12)8(16)7-5-13-3-4-14-7/h3-5H,2,6H2,1H3. The van der Waals surface area contributed by atoms with Crippen LogP contribution in [0.1, 0.15) is 17.4 Å². The third kappa shape index (κ3) is 3.48. The van der Waals surface area contributed by atoms with Crippen LogP contribution in [-0.2, 0) is 0 Å². The van der Waals surface area contributed by atoms with Gasteiger partial charge in [0, 0.05) is 18.9 Å². The number of halogens is 3. The maximum absolute atomic E-state index is 12.1. The molecule has 0 saturated carbocycles. The lowest BCUT2D eigenvalue weighted by molar-refractivity contribution is -0.140. The van der Waals surface area contributed by atoms with Crippen LogP contribution in [0.3, 0.4) is 0 Å². The van der Waals surface area contributed by atoms with E-state index in [1.165, 1.54) is 19.3 Å². The minimum atomic E-state index is -4.41. The predicted octanol–water partition coefficient (Wildman–Crippen LogP) is 1.50. The quantitative estimate of drug-likeness (QED) is 0.794. The normalized spacial score (nSPS) is 11.2. The fourth-order valence-electron chi connectivity index (χ4n) is 1.12. The zero-order valence-corrected chi connectivity index (χ0v) is 8.53. The number of hydrogen-bond acceptors (Lipinski definition) is 3. The second kappa shape index (κ2) is 4.91. The Labute approximate surface area is 90.1 Å². The molecule has 7 heteroatoms. The van der Waals surface area contributed by atoms with E-state index in [4.69, 9.17) is 0 Å². The molecule has 0 aromatic carbocycles. The van der Waals surface area contributed by atoms with Gasteiger partial charge in [-0.15, -0.1) is 0 Å². The largest absolute Gasteiger partial charge is 0.406 e. The number of carbonyl (C=O) groups is 1. The summed E-state index contributed by atoms with van der Waals surface area (Å²) in [4.78, 5) is 19.5. The van der Waals surface area contributed by atoms with E-state index in [1.807, 2.05) is 0 Å². The van der Waals surface area contributed by atoms with Gasteiger partial charge in [0.05, 0.1) is 6.20 Å². The molecule has 0 aliphatic carbocycles. The van der Waals surface area contributed by atoms with Crippen molar-refractivity contribution in [3.63, 3.8) is 0 Å². The van der Waals surface area contributed by atoms with E-state index in [0.29, 0.717) is 4.90 Å². The molecule has 4 nitrogen and oxygen atoms in total. The third-order valence-electron chi connectivity index (χ3n) is 1.82. The first kappa shape index (κ1) is 12.4. The van der Waals surface area contributed by atoms with Crippen LogP contribution in [0.15, 0.2) is 18.6 Å². The fraction of sp³-hybridized carbons (Fsp3) is 0.444. The number of carbonyl (C=O) groups excluding carboxylic acids is 1. The van der Waals surface area contributed by atoms with Crippen molar-refractivity contribution >= 4 is 5.91 Å². The highest BCUT2D eigenvalue weighted by atomic mass is 19.4. The Morgan fingerprint density at radius 1 is 1.44 bits per heavy atom. The van der Waals surface area contributed by atoms with Gasteiger partial charge in [-0.05, 0) is 6.92 Å². The van der Waals surface area contributed by atoms with E-state index >= 15 is 0 Å². The Kier molecular flexibility index (Phi) is 3.81. The number of aromatic nitrogens is 2. The van der Waals surface area contributed by atoms with E-state index < -0.39 is 18.6 Å². The van der Waals surface area contributed by atoms with Crippen LogP contribution in [0.5, 0.6) is 0 Å². The molecule has 0 unspecified atom stereocenters. The molecule has 1 heterocycles. The minimum absolute atomic E-state index is 0.0328. The molecular weight excluding hydrogens is 223 g/mol. The number of rotatable bonds is 3. The monoisotopic (exact) mass is 233 g/mol. The van der Waals surface area contributed by atoms with E-state index in [-0.39, 0.29) is 12.2 Å². The minimum Gasteiger partial charge on any atom is -0.328 e. The predicted molar refractivity (Wildman–Crippen MR) is 49.7 cm³/mol. The lowest BCUT2D eigenvalue weighted by Gasteiger charge is -2.21. The topological polar surface area (TPSA) is 46.1 Å². The number of alkyl halides is 3. The fourth-order valence-corrected chi connectivity index (χ4v) is 1.12. The summed E-state index contributed by atoms with van der Waals surface area (Å²) in [5, 5.41) is 0. The molecule has 0 spiro atoms. The number of amides is 1. The van der Waals surface area contributed by atoms with Gasteiger partial charge >= 0.3 is 6.18 Å². The van der Waals surface area contributed by atoms with Gasteiger partial charge in [-0.1, -0.05) is 0 Å². The van der Waals surface area contributed by atoms with Gasteiger partial charge in [0.25, 0.3) is 5.91 Å². The van der Waals surface area contributed by atoms with Crippen LogP contribution in [0.25, 0.3) is 0 Å². The van der Waals surface area contributed by atoms with Crippen molar-refractivity contribution in [2.75, 3.05) is 13.1 Å². The summed E-state index contributed by atoms with van der Waals surface area (Å²) in [7, 11) is 0. The first-order valence-electron chi connectivity index (χ1n) is 4.56. The van der Waals surface area contributed by atoms with E-state index in [9.17, 15) is 18.0 Å². The van der Waals surface area contributed by atoms with Gasteiger partial charge < -0.3 is 4.90 Å². The molecule has 1 aromatic heterocycles. The summed E-state index contributed by atoms with van der Waals surface area (Å²) in [6.45, 7) is 0.161. The average Bonchev–Trinajstić information content (AvgIpc) is 2.25. The molecule has 1 rings (SSSR count). The number of hydrogen-bond donors (Lipinski definition) is 0. The zero-order chi connectivity index (χ0) is 12.2. The van der Waals surface area contributed by atoms with E-state index in [1.54, 1.807) is 0 Å². The van der Waals surface area contributed by atoms with Crippen LogP contribution >= 0.6 is 0 Å².